The summed E-state index contributed by atoms with van der Waals surface area (Å²) < 4.78 is 13.7. The molecule has 0 spiro atoms. The third-order valence-electron chi connectivity index (χ3n) is 5.76. The number of ether oxygens (including phenoxy) is 2. The molecule has 3 aromatic rings. The number of carbonyl (C=O) groups is 2. The Morgan fingerprint density at radius 2 is 1.85 bits per heavy atom. The van der Waals surface area contributed by atoms with Gasteiger partial charge in [-0.3, -0.25) is 9.59 Å². The number of hydrogen-bond donors (Lipinski definition) is 1. The molecule has 1 fully saturated rings. The molecule has 2 heterocycles. The van der Waals surface area contributed by atoms with Crippen molar-refractivity contribution in [3.63, 3.8) is 0 Å². The van der Waals surface area contributed by atoms with Crippen molar-refractivity contribution in [2.75, 3.05) is 20.8 Å². The second-order valence-corrected chi connectivity index (χ2v) is 8.68. The molecule has 9 heteroatoms. The summed E-state index contributed by atoms with van der Waals surface area (Å²) in [6.07, 6.45) is 5.81. The van der Waals surface area contributed by atoms with Crippen LogP contribution in [0.25, 0.3) is 5.76 Å². The molecule has 1 saturated heterocycles. The van der Waals surface area contributed by atoms with Crippen LogP contribution in [0.1, 0.15) is 23.6 Å². The van der Waals surface area contributed by atoms with Crippen LogP contribution in [0.3, 0.4) is 0 Å². The molecule has 2 aromatic carbocycles. The van der Waals surface area contributed by atoms with Crippen molar-refractivity contribution in [1.29, 1.82) is 0 Å². The van der Waals surface area contributed by atoms with Gasteiger partial charge in [-0.05, 0) is 36.8 Å². The van der Waals surface area contributed by atoms with E-state index in [0.717, 1.165) is 4.47 Å². The number of aliphatic hydroxyl groups excluding tert-OH is 1. The first kappa shape index (κ1) is 23.6. The van der Waals surface area contributed by atoms with Gasteiger partial charge < -0.3 is 24.0 Å². The number of methoxy groups -OCH3 is 2. The minimum atomic E-state index is -0.837. The highest BCUT2D eigenvalue weighted by Crippen LogP contribution is 2.44. The number of halogens is 1. The Morgan fingerprint density at radius 1 is 1.09 bits per heavy atom. The number of aliphatic hydroxyl groups is 1. The van der Waals surface area contributed by atoms with Crippen LogP contribution in [0.5, 0.6) is 11.5 Å². The Bertz CT molecular complexity index is 1220. The van der Waals surface area contributed by atoms with Gasteiger partial charge in [0, 0.05) is 41.1 Å². The molecule has 1 aromatic heterocycles. The molecule has 1 aliphatic rings. The number of amides is 1. The van der Waals surface area contributed by atoms with Crippen LogP contribution in [0.2, 0.25) is 0 Å². The minimum absolute atomic E-state index is 0.0153. The number of ketones is 1. The molecule has 34 heavy (non-hydrogen) atoms. The largest absolute Gasteiger partial charge is 0.507 e. The van der Waals surface area contributed by atoms with E-state index < -0.39 is 17.7 Å². The van der Waals surface area contributed by atoms with E-state index in [2.05, 4.69) is 20.9 Å². The number of hydrogen-bond acceptors (Lipinski definition) is 6. The molecule has 8 nitrogen and oxygen atoms in total. The number of Topliss-reactive ketones (excluding diaryl/α,β-unsaturated/α-hetero) is 1. The van der Waals surface area contributed by atoms with E-state index in [1.165, 1.54) is 19.1 Å². The number of likely N-dealkylation sites (tertiary alicyclic amines) is 1. The second kappa shape index (κ2) is 10.1. The first-order chi connectivity index (χ1) is 16.4. The quantitative estimate of drug-likeness (QED) is 0.269. The molecule has 1 N–H and O–H groups in total. The van der Waals surface area contributed by atoms with E-state index in [1.807, 2.05) is 10.8 Å². The Balaban J connectivity index is 1.81. The summed E-state index contributed by atoms with van der Waals surface area (Å²) in [6.45, 7) is 0.919. The van der Waals surface area contributed by atoms with E-state index in [0.29, 0.717) is 42.1 Å². The fourth-order valence-electron chi connectivity index (χ4n) is 4.09. The monoisotopic (exact) mass is 525 g/mol. The molecular weight excluding hydrogens is 502 g/mol. The molecule has 1 atom stereocenters. The fourth-order valence-corrected chi connectivity index (χ4v) is 4.36. The van der Waals surface area contributed by atoms with Crippen molar-refractivity contribution in [3.05, 3.63) is 82.4 Å². The fraction of sp³-hybridized carbons (Fsp3) is 0.240. The molecule has 0 unspecified atom stereocenters. The third-order valence-corrected chi connectivity index (χ3v) is 6.29. The third kappa shape index (κ3) is 4.56. The summed E-state index contributed by atoms with van der Waals surface area (Å²) >= 11 is 3.37. The lowest BCUT2D eigenvalue weighted by Gasteiger charge is -2.27. The van der Waals surface area contributed by atoms with Crippen LogP contribution < -0.4 is 9.47 Å². The lowest BCUT2D eigenvalue weighted by Crippen LogP contribution is -2.31. The number of imidazole rings is 1. The number of aryl methyl sites for hydroxylation is 1. The van der Waals surface area contributed by atoms with Gasteiger partial charge in [0.2, 0.25) is 0 Å². The minimum Gasteiger partial charge on any atom is -0.507 e. The van der Waals surface area contributed by atoms with Crippen molar-refractivity contribution in [2.45, 2.75) is 19.0 Å². The molecule has 1 amide bonds. The summed E-state index contributed by atoms with van der Waals surface area (Å²) in [4.78, 5) is 31.9. The molecule has 0 bridgehead atoms. The number of rotatable bonds is 8. The van der Waals surface area contributed by atoms with Gasteiger partial charge in [0.1, 0.15) is 17.3 Å². The molecule has 4 rings (SSSR count). The smallest absolute Gasteiger partial charge is 0.295 e. The molecule has 1 aliphatic heterocycles. The van der Waals surface area contributed by atoms with Crippen LogP contribution in [-0.4, -0.2) is 52.0 Å². The Labute approximate surface area is 205 Å². The van der Waals surface area contributed by atoms with Crippen molar-refractivity contribution in [3.8, 4) is 11.5 Å². The van der Waals surface area contributed by atoms with E-state index in [1.54, 1.807) is 55.0 Å². The van der Waals surface area contributed by atoms with Gasteiger partial charge in [-0.1, -0.05) is 28.1 Å². The van der Waals surface area contributed by atoms with Crippen LogP contribution in [0.4, 0.5) is 0 Å². The second-order valence-electron chi connectivity index (χ2n) is 7.76. The summed E-state index contributed by atoms with van der Waals surface area (Å²) in [5.41, 5.74) is 1.01. The highest BCUT2D eigenvalue weighted by Gasteiger charge is 2.47. The van der Waals surface area contributed by atoms with Gasteiger partial charge in [-0.25, -0.2) is 4.98 Å². The zero-order chi connectivity index (χ0) is 24.2. The summed E-state index contributed by atoms with van der Waals surface area (Å²) in [5, 5.41) is 11.2. The first-order valence-corrected chi connectivity index (χ1v) is 11.5. The van der Waals surface area contributed by atoms with Gasteiger partial charge in [-0.15, -0.1) is 0 Å². The molecule has 0 saturated carbocycles. The van der Waals surface area contributed by atoms with Gasteiger partial charge in [0.05, 0.1) is 32.2 Å². The molecular formula is C25H24BrN3O5. The molecule has 0 radical (unpaired) electrons. The summed E-state index contributed by atoms with van der Waals surface area (Å²) in [6, 6.07) is 11.2. The number of benzene rings is 2. The van der Waals surface area contributed by atoms with Crippen LogP contribution >= 0.6 is 15.9 Å². The zero-order valence-electron chi connectivity index (χ0n) is 18.8. The average Bonchev–Trinajstić information content (AvgIpc) is 3.46. The molecule has 176 valence electrons. The van der Waals surface area contributed by atoms with Crippen molar-refractivity contribution in [1.82, 2.24) is 14.5 Å². The van der Waals surface area contributed by atoms with Gasteiger partial charge in [-0.2, -0.15) is 0 Å². The van der Waals surface area contributed by atoms with Crippen LogP contribution in [0, 0.1) is 0 Å². The molecule has 0 aliphatic carbocycles. The highest BCUT2D eigenvalue weighted by atomic mass is 79.9. The SMILES string of the molecule is COc1ccc(OC)c([C@H]2C(=C(O)c3ccc(Br)cc3)C(=O)C(=O)N2CCCn2ccnc2)c1. The maximum Gasteiger partial charge on any atom is 0.295 e. The van der Waals surface area contributed by atoms with Crippen molar-refractivity contribution < 1.29 is 24.2 Å². The highest BCUT2D eigenvalue weighted by molar-refractivity contribution is 9.10. The predicted octanol–water partition coefficient (Wildman–Crippen LogP) is 4.17. The Morgan fingerprint density at radius 3 is 2.50 bits per heavy atom. The zero-order valence-corrected chi connectivity index (χ0v) is 20.4. The summed E-state index contributed by atoms with van der Waals surface area (Å²) in [7, 11) is 3.06. The van der Waals surface area contributed by atoms with E-state index in [4.69, 9.17) is 9.47 Å². The average molecular weight is 526 g/mol. The standard InChI is InChI=1S/C25H24BrN3O5/c1-33-18-8-9-20(34-2)19(14-18)22-21(23(30)16-4-6-17(26)7-5-16)24(31)25(32)29(22)12-3-11-28-13-10-27-15-28/h4-10,13-15,22,30H,3,11-12H2,1-2H3/t22-/m0/s1. The van der Waals surface area contributed by atoms with Gasteiger partial charge in [0.25, 0.3) is 11.7 Å². The topological polar surface area (TPSA) is 93.9 Å². The van der Waals surface area contributed by atoms with Crippen molar-refractivity contribution in [2.24, 2.45) is 0 Å². The normalized spacial score (nSPS) is 17.3. The lowest BCUT2D eigenvalue weighted by atomic mass is 9.94. The Hall–Kier alpha value is -3.59. The van der Waals surface area contributed by atoms with Crippen molar-refractivity contribution >= 4 is 33.4 Å². The van der Waals surface area contributed by atoms with Gasteiger partial charge in [0.15, 0.2) is 0 Å². The van der Waals surface area contributed by atoms with E-state index in [9.17, 15) is 14.7 Å². The number of aromatic nitrogens is 2. The summed E-state index contributed by atoms with van der Waals surface area (Å²) in [5.74, 6) is -0.618. The van der Waals surface area contributed by atoms with E-state index in [-0.39, 0.29) is 11.3 Å². The Kier molecular flexibility index (Phi) is 7.02. The van der Waals surface area contributed by atoms with Gasteiger partial charge >= 0.3 is 0 Å². The predicted molar refractivity (Wildman–Crippen MR) is 130 cm³/mol. The number of carbonyl (C=O) groups excluding carboxylic acids is 2. The maximum atomic E-state index is 13.2. The van der Waals surface area contributed by atoms with Crippen LogP contribution in [0.15, 0.2) is 71.2 Å². The maximum absolute atomic E-state index is 13.2. The van der Waals surface area contributed by atoms with Crippen LogP contribution in [-0.2, 0) is 16.1 Å². The number of nitrogens with zero attached hydrogens (tertiary/aromatic N) is 3. The first-order valence-electron chi connectivity index (χ1n) is 10.7. The van der Waals surface area contributed by atoms with E-state index >= 15 is 0 Å². The lowest BCUT2D eigenvalue weighted by molar-refractivity contribution is -0.140.